The van der Waals surface area contributed by atoms with Gasteiger partial charge in [-0.05, 0) is 57.0 Å². The van der Waals surface area contributed by atoms with Gasteiger partial charge in [-0.15, -0.1) is 11.8 Å². The third-order valence-corrected chi connectivity index (χ3v) is 9.23. The minimum atomic E-state index is -0.989. The Kier molecular flexibility index (Phi) is 4.96. The zero-order valence-corrected chi connectivity index (χ0v) is 17.8. The van der Waals surface area contributed by atoms with Crippen molar-refractivity contribution in [3.05, 3.63) is 10.6 Å². The number of carboxylic acids is 1. The van der Waals surface area contributed by atoms with Gasteiger partial charge in [-0.1, -0.05) is 6.92 Å². The van der Waals surface area contributed by atoms with Crippen LogP contribution in [0.3, 0.4) is 0 Å². The maximum absolute atomic E-state index is 12.5. The molecule has 1 saturated carbocycles. The average Bonchev–Trinajstić information content (AvgIpc) is 3.36. The molecule has 4 aliphatic heterocycles. The van der Waals surface area contributed by atoms with Crippen LogP contribution in [0.1, 0.15) is 39.0 Å². The van der Waals surface area contributed by atoms with E-state index in [0.717, 1.165) is 43.4 Å². The summed E-state index contributed by atoms with van der Waals surface area (Å²) in [7, 11) is 0. The van der Waals surface area contributed by atoms with Crippen LogP contribution in [0.2, 0.25) is 0 Å². The number of carbonyl (C=O) groups is 2. The van der Waals surface area contributed by atoms with Gasteiger partial charge in [0.2, 0.25) is 0 Å². The maximum atomic E-state index is 12.5. The van der Waals surface area contributed by atoms with Crippen molar-refractivity contribution in [3.63, 3.8) is 0 Å². The van der Waals surface area contributed by atoms with Crippen LogP contribution in [0, 0.1) is 17.8 Å². The lowest BCUT2D eigenvalue weighted by molar-refractivity contribution is -0.158. The van der Waals surface area contributed by atoms with Crippen LogP contribution in [-0.4, -0.2) is 76.5 Å². The van der Waals surface area contributed by atoms with Crippen LogP contribution in [0.5, 0.6) is 0 Å². The predicted octanol–water partition coefficient (Wildman–Crippen LogP) is 1.48. The molecule has 1 spiro atoms. The quantitative estimate of drug-likeness (QED) is 0.495. The number of aliphatic carboxylic acids is 1. The van der Waals surface area contributed by atoms with E-state index in [9.17, 15) is 14.7 Å². The van der Waals surface area contributed by atoms with Gasteiger partial charge in [0.25, 0.3) is 5.91 Å². The fourth-order valence-electron chi connectivity index (χ4n) is 5.94. The van der Waals surface area contributed by atoms with Crippen molar-refractivity contribution in [2.75, 3.05) is 32.8 Å². The molecule has 7 nitrogen and oxygen atoms in total. The van der Waals surface area contributed by atoms with Crippen molar-refractivity contribution in [1.82, 2.24) is 9.80 Å². The number of nitrogens with zero attached hydrogens (tertiary/aromatic N) is 2. The van der Waals surface area contributed by atoms with Gasteiger partial charge in [0.15, 0.2) is 5.60 Å². The number of hydrogen-bond acceptors (Lipinski definition) is 6. The van der Waals surface area contributed by atoms with Crippen LogP contribution in [0.25, 0.3) is 0 Å². The van der Waals surface area contributed by atoms with Crippen LogP contribution < -0.4 is 5.73 Å². The first-order chi connectivity index (χ1) is 13.9. The number of carboxylic acid groups (broad SMARTS) is 1. The molecule has 4 fully saturated rings. The Balaban J connectivity index is 1.21. The number of carbonyl (C=O) groups excluding carboxylic acids is 1. The number of fused-ring (bicyclic) bond motifs is 2. The summed E-state index contributed by atoms with van der Waals surface area (Å²) in [5.74, 6) is 0.366. The lowest BCUT2D eigenvalue weighted by atomic mass is 9.82. The molecule has 4 unspecified atom stereocenters. The Labute approximate surface area is 176 Å². The van der Waals surface area contributed by atoms with E-state index in [1.165, 1.54) is 30.6 Å². The third-order valence-electron chi connectivity index (χ3n) is 7.69. The van der Waals surface area contributed by atoms with Gasteiger partial charge in [-0.3, -0.25) is 9.69 Å². The second-order valence-electron chi connectivity index (χ2n) is 9.52. The zero-order valence-electron chi connectivity index (χ0n) is 17.0. The average molecular weight is 422 g/mol. The Bertz CT molecular complexity index is 744. The zero-order chi connectivity index (χ0) is 20.3. The molecule has 0 radical (unpaired) electrons. The molecule has 3 N–H and O–H groups in total. The fourth-order valence-corrected chi connectivity index (χ4v) is 7.45. The van der Waals surface area contributed by atoms with E-state index in [0.29, 0.717) is 17.8 Å². The number of nitrogens with two attached hydrogens (primary N) is 1. The van der Waals surface area contributed by atoms with Gasteiger partial charge in [-0.2, -0.15) is 0 Å². The number of thioether (sulfide) groups is 1. The summed E-state index contributed by atoms with van der Waals surface area (Å²) >= 11 is 1.70. The molecule has 0 aromatic rings. The summed E-state index contributed by atoms with van der Waals surface area (Å²) in [6.45, 7) is 6.54. The minimum Gasteiger partial charge on any atom is -0.477 e. The highest BCUT2D eigenvalue weighted by Gasteiger charge is 2.76. The number of epoxide rings is 1. The van der Waals surface area contributed by atoms with Crippen LogP contribution >= 0.6 is 11.8 Å². The number of rotatable bonds is 6. The molecule has 1 aliphatic carbocycles. The minimum absolute atomic E-state index is 0.0342. The van der Waals surface area contributed by atoms with Gasteiger partial charge >= 0.3 is 5.97 Å². The number of ether oxygens (including phenoxy) is 1. The van der Waals surface area contributed by atoms with Gasteiger partial charge in [0, 0.05) is 29.2 Å². The lowest BCUT2D eigenvalue weighted by Gasteiger charge is -2.43. The first kappa shape index (κ1) is 19.8. The molecule has 0 aromatic heterocycles. The summed E-state index contributed by atoms with van der Waals surface area (Å²) < 4.78 is 5.46. The summed E-state index contributed by atoms with van der Waals surface area (Å²) in [6.07, 6.45) is 6.15. The van der Waals surface area contributed by atoms with Gasteiger partial charge < -0.3 is 20.5 Å². The monoisotopic (exact) mass is 421 g/mol. The topological polar surface area (TPSA) is 99.4 Å². The van der Waals surface area contributed by atoms with E-state index < -0.39 is 11.6 Å². The van der Waals surface area contributed by atoms with E-state index in [2.05, 4.69) is 11.8 Å². The van der Waals surface area contributed by atoms with E-state index in [1.54, 1.807) is 11.8 Å². The van der Waals surface area contributed by atoms with Crippen molar-refractivity contribution in [2.45, 2.75) is 55.9 Å². The van der Waals surface area contributed by atoms with Crippen molar-refractivity contribution in [2.24, 2.45) is 23.5 Å². The molecule has 4 atom stereocenters. The first-order valence-electron chi connectivity index (χ1n) is 11.0. The molecular formula is C21H31N3O4S. The fraction of sp³-hybridized carbons (Fsp3) is 0.810. The molecule has 5 rings (SSSR count). The molecule has 1 amide bonds. The van der Waals surface area contributed by atoms with Crippen molar-refractivity contribution < 1.29 is 19.4 Å². The Morgan fingerprint density at radius 1 is 1.28 bits per heavy atom. The predicted molar refractivity (Wildman–Crippen MR) is 110 cm³/mol. The third kappa shape index (κ3) is 3.14. The summed E-state index contributed by atoms with van der Waals surface area (Å²) in [6, 6.07) is -0.126. The molecule has 0 bridgehead atoms. The molecule has 8 heteroatoms. The highest BCUT2D eigenvalue weighted by atomic mass is 32.2. The summed E-state index contributed by atoms with van der Waals surface area (Å²) in [4.78, 5) is 29.3. The van der Waals surface area contributed by atoms with E-state index in [4.69, 9.17) is 10.5 Å². The van der Waals surface area contributed by atoms with Crippen LogP contribution in [-0.2, 0) is 14.3 Å². The van der Waals surface area contributed by atoms with Crippen LogP contribution in [0.4, 0.5) is 0 Å². The van der Waals surface area contributed by atoms with Crippen molar-refractivity contribution in [1.29, 1.82) is 0 Å². The lowest BCUT2D eigenvalue weighted by Crippen LogP contribution is -2.67. The van der Waals surface area contributed by atoms with Crippen molar-refractivity contribution >= 4 is 23.6 Å². The highest BCUT2D eigenvalue weighted by Crippen LogP contribution is 2.58. The molecule has 160 valence electrons. The number of amides is 1. The van der Waals surface area contributed by atoms with E-state index in [-0.39, 0.29) is 23.6 Å². The number of likely N-dealkylation sites (tertiary alicyclic amines) is 1. The second kappa shape index (κ2) is 7.25. The largest absolute Gasteiger partial charge is 0.477 e. The van der Waals surface area contributed by atoms with Gasteiger partial charge in [0.05, 0.1) is 12.6 Å². The Morgan fingerprint density at radius 3 is 2.59 bits per heavy atom. The molecule has 4 heterocycles. The van der Waals surface area contributed by atoms with Crippen LogP contribution in [0.15, 0.2) is 10.6 Å². The van der Waals surface area contributed by atoms with Gasteiger partial charge in [-0.25, -0.2) is 4.79 Å². The normalized spacial score (nSPS) is 41.8. The summed E-state index contributed by atoms with van der Waals surface area (Å²) in [5, 5.41) is 10.2. The summed E-state index contributed by atoms with van der Waals surface area (Å²) in [5.41, 5.74) is 5.30. The highest BCUT2D eigenvalue weighted by molar-refractivity contribution is 8.03. The van der Waals surface area contributed by atoms with E-state index >= 15 is 0 Å². The number of hydrogen-bond donors (Lipinski definition) is 2. The van der Waals surface area contributed by atoms with Gasteiger partial charge in [0.1, 0.15) is 5.70 Å². The van der Waals surface area contributed by atoms with E-state index in [1.807, 2.05) is 0 Å². The molecule has 5 aliphatic rings. The smallest absolute Gasteiger partial charge is 0.353 e. The SMILES string of the molecule is CC1C(SC2CCN(CC3CCC(CN)CC3)C2)=C(C(=O)O)N2C(=O)C3(CO3)C12. The molecule has 0 aromatic carbocycles. The Morgan fingerprint density at radius 2 is 1.97 bits per heavy atom. The second-order valence-corrected chi connectivity index (χ2v) is 10.9. The number of β-lactam (4-membered cyclic amide) rings is 1. The van der Waals surface area contributed by atoms with Crippen molar-refractivity contribution in [3.8, 4) is 0 Å². The molecular weight excluding hydrogens is 390 g/mol. The Hall–Kier alpha value is -1.09. The maximum Gasteiger partial charge on any atom is 0.353 e. The standard InChI is InChI=1S/C21H31N3O4S/c1-12-17(16(19(25)26)24-18(12)21(11-28-21)20(24)27)29-15-6-7-23(10-15)9-14-4-2-13(8-22)3-5-14/h12-15,18H,2-11,22H2,1H3,(H,25,26). The first-order valence-corrected chi connectivity index (χ1v) is 11.9. The molecule has 3 saturated heterocycles. The molecule has 29 heavy (non-hydrogen) atoms.